The van der Waals surface area contributed by atoms with Crippen molar-refractivity contribution in [3.05, 3.63) is 35.5 Å². The van der Waals surface area contributed by atoms with Crippen LogP contribution in [0, 0.1) is 22.7 Å². The van der Waals surface area contributed by atoms with Gasteiger partial charge in [-0.05, 0) is 37.5 Å². The molecule has 7 nitrogen and oxygen atoms in total. The van der Waals surface area contributed by atoms with Gasteiger partial charge >= 0.3 is 0 Å². The lowest BCUT2D eigenvalue weighted by Crippen LogP contribution is -2.31. The lowest BCUT2D eigenvalue weighted by molar-refractivity contribution is -0.119. The van der Waals surface area contributed by atoms with E-state index in [0.717, 1.165) is 31.9 Å². The molecule has 180 valence electrons. The van der Waals surface area contributed by atoms with E-state index in [1.54, 1.807) is 12.4 Å². The largest absolute Gasteiger partial charge is 0.478 e. The Hall–Kier alpha value is -2.57. The van der Waals surface area contributed by atoms with E-state index in [4.69, 9.17) is 10.1 Å². The molecule has 0 aromatic rings. The Morgan fingerprint density at radius 2 is 2.00 bits per heavy atom. The molecule has 0 saturated heterocycles. The first-order valence-corrected chi connectivity index (χ1v) is 11.6. The van der Waals surface area contributed by atoms with Crippen LogP contribution in [0.4, 0.5) is 0 Å². The number of ether oxygens (including phenoxy) is 1. The minimum atomic E-state index is -0.372. The number of nitrogens with one attached hydrogen (secondary N) is 4. The van der Waals surface area contributed by atoms with Crippen molar-refractivity contribution in [1.29, 1.82) is 5.41 Å². The van der Waals surface area contributed by atoms with Gasteiger partial charge in [-0.25, -0.2) is 0 Å². The van der Waals surface area contributed by atoms with Crippen LogP contribution in [0.2, 0.25) is 0 Å². The summed E-state index contributed by atoms with van der Waals surface area (Å²) in [5, 5.41) is 16.5. The number of hydrogen-bond donors (Lipinski definition) is 4. The molecule has 32 heavy (non-hydrogen) atoms. The molecule has 0 bridgehead atoms. The van der Waals surface area contributed by atoms with Crippen LogP contribution in [0.3, 0.4) is 0 Å². The summed E-state index contributed by atoms with van der Waals surface area (Å²) in [5.41, 5.74) is 1.09. The molecule has 0 radical (unpaired) electrons. The van der Waals surface area contributed by atoms with E-state index >= 15 is 0 Å². The third-order valence-electron chi connectivity index (χ3n) is 5.38. The summed E-state index contributed by atoms with van der Waals surface area (Å²) >= 11 is 0. The predicted octanol–water partition coefficient (Wildman–Crippen LogP) is 4.39. The van der Waals surface area contributed by atoms with Crippen LogP contribution < -0.4 is 16.0 Å². The SMILES string of the molecule is CCC1CCC/C(=C\NC(=O)/C(C=N)=C(/N/C=C/C(C)(C)CNC(C)=O)OCC(C)C)C1. The summed E-state index contributed by atoms with van der Waals surface area (Å²) in [6, 6.07) is 0. The molecule has 1 unspecified atom stereocenters. The number of carbonyl (C=O) groups excluding carboxylic acids is 2. The van der Waals surface area contributed by atoms with Crippen molar-refractivity contribution in [3.63, 3.8) is 0 Å². The number of rotatable bonds is 12. The predicted molar refractivity (Wildman–Crippen MR) is 130 cm³/mol. The van der Waals surface area contributed by atoms with Crippen LogP contribution in [0.15, 0.2) is 35.5 Å². The minimum absolute atomic E-state index is 0.0830. The lowest BCUT2D eigenvalue weighted by Gasteiger charge is -2.23. The number of carbonyl (C=O) groups is 2. The average Bonchev–Trinajstić information content (AvgIpc) is 2.74. The highest BCUT2D eigenvalue weighted by molar-refractivity contribution is 6.12. The van der Waals surface area contributed by atoms with Crippen LogP contribution in [-0.2, 0) is 14.3 Å². The normalized spacial score (nSPS) is 19.0. The van der Waals surface area contributed by atoms with Crippen molar-refractivity contribution in [2.45, 2.75) is 73.6 Å². The van der Waals surface area contributed by atoms with E-state index in [1.165, 1.54) is 18.9 Å². The van der Waals surface area contributed by atoms with Crippen LogP contribution in [0.5, 0.6) is 0 Å². The molecule has 7 heteroatoms. The minimum Gasteiger partial charge on any atom is -0.478 e. The van der Waals surface area contributed by atoms with Crippen LogP contribution >= 0.6 is 0 Å². The molecular formula is C25H42N4O3. The van der Waals surface area contributed by atoms with E-state index in [1.807, 2.05) is 33.8 Å². The van der Waals surface area contributed by atoms with Crippen LogP contribution in [0.1, 0.15) is 73.6 Å². The van der Waals surface area contributed by atoms with E-state index in [0.29, 0.717) is 19.1 Å². The molecule has 0 spiro atoms. The zero-order valence-electron chi connectivity index (χ0n) is 20.6. The number of allylic oxidation sites excluding steroid dienone is 1. The molecule has 0 aromatic heterocycles. The van der Waals surface area contributed by atoms with Gasteiger partial charge in [-0.1, -0.05) is 52.7 Å². The first-order valence-electron chi connectivity index (χ1n) is 11.6. The fourth-order valence-electron chi connectivity index (χ4n) is 3.35. The van der Waals surface area contributed by atoms with Gasteiger partial charge in [-0.15, -0.1) is 0 Å². The van der Waals surface area contributed by atoms with Gasteiger partial charge in [0.25, 0.3) is 5.91 Å². The second kappa shape index (κ2) is 13.8. The first-order chi connectivity index (χ1) is 15.1. The third kappa shape index (κ3) is 10.6. The smallest absolute Gasteiger partial charge is 0.262 e. The molecule has 0 aromatic carbocycles. The molecule has 4 N–H and O–H groups in total. The monoisotopic (exact) mass is 446 g/mol. The van der Waals surface area contributed by atoms with Crippen molar-refractivity contribution >= 4 is 18.0 Å². The molecule has 0 aliphatic heterocycles. The Kier molecular flexibility index (Phi) is 11.8. The summed E-state index contributed by atoms with van der Waals surface area (Å²) < 4.78 is 5.83. The second-order valence-electron chi connectivity index (χ2n) is 9.61. The molecule has 1 saturated carbocycles. The zero-order chi connectivity index (χ0) is 24.1. The lowest BCUT2D eigenvalue weighted by atomic mass is 9.84. The third-order valence-corrected chi connectivity index (χ3v) is 5.38. The maximum atomic E-state index is 12.8. The molecule has 1 aliphatic rings. The van der Waals surface area contributed by atoms with Crippen LogP contribution in [-0.4, -0.2) is 31.2 Å². The van der Waals surface area contributed by atoms with E-state index in [9.17, 15) is 9.59 Å². The van der Waals surface area contributed by atoms with Gasteiger partial charge in [0.05, 0.1) is 6.61 Å². The van der Waals surface area contributed by atoms with Gasteiger partial charge in [0.2, 0.25) is 11.8 Å². The van der Waals surface area contributed by atoms with E-state index in [2.05, 4.69) is 22.9 Å². The standard InChI is InChI=1S/C25H42N4O3/c1-7-20-9-8-10-21(13-20)15-28-23(31)22(14-26)24(32-16-18(2)3)27-12-11-25(5,6)17-29-19(4)30/h11-12,14-15,18,20,26-27H,7-10,13,16-17H2,1-6H3,(H,28,31)(H,29,30)/b12-11+,21-15+,24-22-,26-14?. The maximum absolute atomic E-state index is 12.8. The maximum Gasteiger partial charge on any atom is 0.262 e. The van der Waals surface area contributed by atoms with Crippen molar-refractivity contribution in [2.24, 2.45) is 17.3 Å². The number of amides is 2. The average molecular weight is 447 g/mol. The van der Waals surface area contributed by atoms with E-state index in [-0.39, 0.29) is 34.6 Å². The van der Waals surface area contributed by atoms with Crippen molar-refractivity contribution in [2.75, 3.05) is 13.2 Å². The Morgan fingerprint density at radius 1 is 1.28 bits per heavy atom. The van der Waals surface area contributed by atoms with Gasteiger partial charge in [0, 0.05) is 37.5 Å². The summed E-state index contributed by atoms with van der Waals surface area (Å²) in [6.07, 6.45) is 12.0. The molecule has 0 heterocycles. The highest BCUT2D eigenvalue weighted by Crippen LogP contribution is 2.29. The fourth-order valence-corrected chi connectivity index (χ4v) is 3.35. The quantitative estimate of drug-likeness (QED) is 0.203. The van der Waals surface area contributed by atoms with Gasteiger partial charge < -0.3 is 26.1 Å². The van der Waals surface area contributed by atoms with Crippen molar-refractivity contribution in [1.82, 2.24) is 16.0 Å². The van der Waals surface area contributed by atoms with Gasteiger partial charge in [0.1, 0.15) is 5.57 Å². The Labute approximate surface area is 193 Å². The molecule has 1 aliphatic carbocycles. The van der Waals surface area contributed by atoms with Crippen molar-refractivity contribution in [3.8, 4) is 0 Å². The molecular weight excluding hydrogens is 404 g/mol. The van der Waals surface area contributed by atoms with Gasteiger partial charge in [0.15, 0.2) is 0 Å². The summed E-state index contributed by atoms with van der Waals surface area (Å²) in [5.74, 6) is 0.731. The van der Waals surface area contributed by atoms with Crippen molar-refractivity contribution < 1.29 is 14.3 Å². The summed E-state index contributed by atoms with van der Waals surface area (Å²) in [4.78, 5) is 24.0. The fraction of sp³-hybridized carbons (Fsp3) is 0.640. The van der Waals surface area contributed by atoms with Crippen LogP contribution in [0.25, 0.3) is 0 Å². The highest BCUT2D eigenvalue weighted by Gasteiger charge is 2.18. The summed E-state index contributed by atoms with van der Waals surface area (Å²) in [6.45, 7) is 12.6. The Morgan fingerprint density at radius 3 is 2.59 bits per heavy atom. The Balaban J connectivity index is 2.95. The molecule has 2 amide bonds. The first kappa shape index (κ1) is 27.5. The molecule has 1 atom stereocenters. The molecule has 1 fully saturated rings. The highest BCUT2D eigenvalue weighted by atomic mass is 16.5. The Bertz CT molecular complexity index is 735. The summed E-state index contributed by atoms with van der Waals surface area (Å²) in [7, 11) is 0. The topological polar surface area (TPSA) is 103 Å². The second-order valence-corrected chi connectivity index (χ2v) is 9.61. The van der Waals surface area contributed by atoms with Gasteiger partial charge in [-0.3, -0.25) is 9.59 Å². The van der Waals surface area contributed by atoms with Gasteiger partial charge in [-0.2, -0.15) is 0 Å². The number of hydrogen-bond acceptors (Lipinski definition) is 5. The molecule has 1 rings (SSSR count). The van der Waals surface area contributed by atoms with E-state index < -0.39 is 0 Å². The zero-order valence-corrected chi connectivity index (χ0v) is 20.6.